The lowest BCUT2D eigenvalue weighted by Crippen LogP contribution is -2.19. The van der Waals surface area contributed by atoms with Crippen molar-refractivity contribution in [1.82, 2.24) is 9.97 Å². The van der Waals surface area contributed by atoms with Crippen LogP contribution in [0.15, 0.2) is 6.20 Å². The van der Waals surface area contributed by atoms with E-state index in [0.717, 1.165) is 12.8 Å². The summed E-state index contributed by atoms with van der Waals surface area (Å²) >= 11 is 0. The van der Waals surface area contributed by atoms with Crippen molar-refractivity contribution in [1.29, 1.82) is 0 Å². The lowest BCUT2D eigenvalue weighted by atomic mass is 10.2. The first kappa shape index (κ1) is 12.4. The Labute approximate surface area is 94.9 Å². The van der Waals surface area contributed by atoms with E-state index < -0.39 is 5.97 Å². The molecule has 0 amide bonds. The number of carboxylic acid groups (broad SMARTS) is 1. The van der Waals surface area contributed by atoms with Crippen LogP contribution in [0.2, 0.25) is 0 Å². The molecule has 1 heterocycles. The van der Waals surface area contributed by atoms with Crippen LogP contribution in [0.1, 0.15) is 42.7 Å². The molecule has 1 aromatic heterocycles. The highest BCUT2D eigenvalue weighted by atomic mass is 16.4. The highest BCUT2D eigenvalue weighted by Gasteiger charge is 2.11. The molecule has 0 aliphatic heterocycles. The van der Waals surface area contributed by atoms with E-state index in [2.05, 4.69) is 29.1 Å². The number of rotatable bonds is 5. The number of hydrogen-bond donors (Lipinski definition) is 2. The van der Waals surface area contributed by atoms with Crippen molar-refractivity contribution in [2.45, 2.75) is 39.7 Å². The summed E-state index contributed by atoms with van der Waals surface area (Å²) in [5.41, 5.74) is 0.631. The molecule has 5 heteroatoms. The lowest BCUT2D eigenvalue weighted by molar-refractivity contribution is 0.0695. The van der Waals surface area contributed by atoms with Gasteiger partial charge in [0, 0.05) is 12.2 Å². The van der Waals surface area contributed by atoms with Gasteiger partial charge < -0.3 is 10.4 Å². The SMILES string of the molecule is CCC(CC)Nc1ncc(C(=O)O)c(C)n1. The molecule has 0 saturated carbocycles. The summed E-state index contributed by atoms with van der Waals surface area (Å²) in [6, 6.07) is 0.329. The first-order valence-electron chi connectivity index (χ1n) is 5.41. The number of nitrogens with one attached hydrogen (secondary N) is 1. The fraction of sp³-hybridized carbons (Fsp3) is 0.545. The van der Waals surface area contributed by atoms with Gasteiger partial charge in [-0.3, -0.25) is 0 Å². The summed E-state index contributed by atoms with van der Waals surface area (Å²) < 4.78 is 0. The Morgan fingerprint density at radius 3 is 2.56 bits per heavy atom. The minimum absolute atomic E-state index is 0.148. The molecule has 2 N–H and O–H groups in total. The van der Waals surface area contributed by atoms with Crippen molar-refractivity contribution < 1.29 is 9.90 Å². The van der Waals surface area contributed by atoms with Gasteiger partial charge in [0.2, 0.25) is 5.95 Å². The summed E-state index contributed by atoms with van der Waals surface area (Å²) in [6.45, 7) is 5.84. The molecule has 1 rings (SSSR count). The molecule has 0 spiro atoms. The van der Waals surface area contributed by atoms with Gasteiger partial charge in [-0.2, -0.15) is 0 Å². The number of carbonyl (C=O) groups is 1. The quantitative estimate of drug-likeness (QED) is 0.799. The maximum atomic E-state index is 10.8. The van der Waals surface area contributed by atoms with E-state index in [1.807, 2.05) is 0 Å². The Morgan fingerprint density at radius 1 is 1.50 bits per heavy atom. The van der Waals surface area contributed by atoms with Crippen molar-refractivity contribution in [3.05, 3.63) is 17.5 Å². The van der Waals surface area contributed by atoms with E-state index in [1.165, 1.54) is 6.20 Å². The number of hydrogen-bond acceptors (Lipinski definition) is 4. The van der Waals surface area contributed by atoms with Gasteiger partial charge in [0.15, 0.2) is 0 Å². The molecule has 16 heavy (non-hydrogen) atoms. The van der Waals surface area contributed by atoms with Gasteiger partial charge in [-0.15, -0.1) is 0 Å². The predicted molar refractivity (Wildman–Crippen MR) is 61.7 cm³/mol. The zero-order chi connectivity index (χ0) is 12.1. The molecule has 0 bridgehead atoms. The minimum Gasteiger partial charge on any atom is -0.478 e. The summed E-state index contributed by atoms with van der Waals surface area (Å²) in [5, 5.41) is 12.0. The first-order valence-corrected chi connectivity index (χ1v) is 5.41. The van der Waals surface area contributed by atoms with Gasteiger partial charge in [0.25, 0.3) is 0 Å². The molecule has 0 aliphatic carbocycles. The van der Waals surface area contributed by atoms with E-state index in [4.69, 9.17) is 5.11 Å². The topological polar surface area (TPSA) is 75.1 Å². The largest absolute Gasteiger partial charge is 0.478 e. The Hall–Kier alpha value is -1.65. The molecule has 0 fully saturated rings. The van der Waals surface area contributed by atoms with Crippen molar-refractivity contribution >= 4 is 11.9 Å². The summed E-state index contributed by atoms with van der Waals surface area (Å²) in [6.07, 6.45) is 3.31. The number of anilines is 1. The van der Waals surface area contributed by atoms with Crippen LogP contribution in [-0.4, -0.2) is 27.1 Å². The van der Waals surface area contributed by atoms with Gasteiger partial charge in [0.05, 0.1) is 11.3 Å². The molecular weight excluding hydrogens is 206 g/mol. The third-order valence-electron chi connectivity index (χ3n) is 2.53. The van der Waals surface area contributed by atoms with E-state index in [-0.39, 0.29) is 5.56 Å². The Balaban J connectivity index is 2.84. The van der Waals surface area contributed by atoms with E-state index >= 15 is 0 Å². The second kappa shape index (κ2) is 5.44. The fourth-order valence-electron chi connectivity index (χ4n) is 1.42. The van der Waals surface area contributed by atoms with Crippen LogP contribution in [0.25, 0.3) is 0 Å². The normalized spacial score (nSPS) is 10.5. The molecule has 0 aliphatic rings. The molecule has 0 atom stereocenters. The third kappa shape index (κ3) is 2.92. The maximum absolute atomic E-state index is 10.8. The minimum atomic E-state index is -0.994. The number of aromatic nitrogens is 2. The first-order chi connectivity index (χ1) is 7.58. The Kier molecular flexibility index (Phi) is 4.22. The van der Waals surface area contributed by atoms with E-state index in [9.17, 15) is 4.79 Å². The van der Waals surface area contributed by atoms with Gasteiger partial charge in [0.1, 0.15) is 0 Å². The molecule has 5 nitrogen and oxygen atoms in total. The molecule has 1 aromatic rings. The maximum Gasteiger partial charge on any atom is 0.339 e. The zero-order valence-corrected chi connectivity index (χ0v) is 9.82. The molecular formula is C11H17N3O2. The number of aromatic carboxylic acids is 1. The van der Waals surface area contributed by atoms with Crippen molar-refractivity contribution in [2.75, 3.05) is 5.32 Å². The number of nitrogens with zero attached hydrogens (tertiary/aromatic N) is 2. The predicted octanol–water partition coefficient (Wildman–Crippen LogP) is 2.08. The second-order valence-corrected chi connectivity index (χ2v) is 3.66. The average molecular weight is 223 g/mol. The molecule has 0 saturated heterocycles. The summed E-state index contributed by atoms with van der Waals surface area (Å²) in [5.74, 6) is -0.497. The number of carboxylic acids is 1. The second-order valence-electron chi connectivity index (χ2n) is 3.66. The van der Waals surface area contributed by atoms with Crippen molar-refractivity contribution in [2.24, 2.45) is 0 Å². The summed E-state index contributed by atoms with van der Waals surface area (Å²) in [4.78, 5) is 18.9. The van der Waals surface area contributed by atoms with Crippen molar-refractivity contribution in [3.8, 4) is 0 Å². The number of aryl methyl sites for hydroxylation is 1. The fourth-order valence-corrected chi connectivity index (χ4v) is 1.42. The van der Waals surface area contributed by atoms with Crippen molar-refractivity contribution in [3.63, 3.8) is 0 Å². The highest BCUT2D eigenvalue weighted by molar-refractivity contribution is 5.88. The van der Waals surface area contributed by atoms with Crippen LogP contribution in [0, 0.1) is 6.92 Å². The standard InChI is InChI=1S/C11H17N3O2/c1-4-8(5-2)14-11-12-6-9(10(15)16)7(3)13-11/h6,8H,4-5H2,1-3H3,(H,15,16)(H,12,13,14). The lowest BCUT2D eigenvalue weighted by Gasteiger charge is -2.14. The monoisotopic (exact) mass is 223 g/mol. The molecule has 88 valence electrons. The summed E-state index contributed by atoms with van der Waals surface area (Å²) in [7, 11) is 0. The van der Waals surface area contributed by atoms with E-state index in [0.29, 0.717) is 17.7 Å². The average Bonchev–Trinajstić information content (AvgIpc) is 2.25. The van der Waals surface area contributed by atoms with Gasteiger partial charge >= 0.3 is 5.97 Å². The Bertz CT molecular complexity index is 375. The third-order valence-corrected chi connectivity index (χ3v) is 2.53. The smallest absolute Gasteiger partial charge is 0.339 e. The van der Waals surface area contributed by atoms with Crippen LogP contribution in [0.4, 0.5) is 5.95 Å². The van der Waals surface area contributed by atoms with Crippen LogP contribution >= 0.6 is 0 Å². The zero-order valence-electron chi connectivity index (χ0n) is 9.82. The molecule has 0 unspecified atom stereocenters. The van der Waals surface area contributed by atoms with Gasteiger partial charge in [-0.1, -0.05) is 13.8 Å². The highest BCUT2D eigenvalue weighted by Crippen LogP contribution is 2.10. The van der Waals surface area contributed by atoms with Gasteiger partial charge in [-0.25, -0.2) is 14.8 Å². The van der Waals surface area contributed by atoms with Crippen LogP contribution in [0.3, 0.4) is 0 Å². The van der Waals surface area contributed by atoms with Crippen LogP contribution in [0.5, 0.6) is 0 Å². The van der Waals surface area contributed by atoms with Crippen LogP contribution in [-0.2, 0) is 0 Å². The Morgan fingerprint density at radius 2 is 2.12 bits per heavy atom. The molecule has 0 radical (unpaired) electrons. The van der Waals surface area contributed by atoms with E-state index in [1.54, 1.807) is 6.92 Å². The van der Waals surface area contributed by atoms with Gasteiger partial charge in [-0.05, 0) is 19.8 Å². The molecule has 0 aromatic carbocycles. The van der Waals surface area contributed by atoms with Crippen LogP contribution < -0.4 is 5.32 Å².